The zero-order chi connectivity index (χ0) is 14.9. The van der Waals surface area contributed by atoms with Crippen LogP contribution in [0.15, 0.2) is 25.0 Å². The number of hydrogen-bond donors (Lipinski definition) is 2. The Hall–Kier alpha value is -1.99. The van der Waals surface area contributed by atoms with Crippen LogP contribution in [0.5, 0.6) is 0 Å². The lowest BCUT2D eigenvalue weighted by atomic mass is 10.3. The molecule has 114 valence electrons. The van der Waals surface area contributed by atoms with Gasteiger partial charge in [-0.05, 0) is 0 Å². The van der Waals surface area contributed by atoms with E-state index in [1.165, 1.54) is 6.33 Å². The highest BCUT2D eigenvalue weighted by Crippen LogP contribution is 2.03. The Morgan fingerprint density at radius 3 is 3.00 bits per heavy atom. The Morgan fingerprint density at radius 2 is 2.24 bits per heavy atom. The van der Waals surface area contributed by atoms with Gasteiger partial charge in [-0.1, -0.05) is 6.08 Å². The Kier molecular flexibility index (Phi) is 6.11. The van der Waals surface area contributed by atoms with Gasteiger partial charge in [-0.3, -0.25) is 9.69 Å². The van der Waals surface area contributed by atoms with E-state index in [0.29, 0.717) is 24.6 Å². The second-order valence-corrected chi connectivity index (χ2v) is 4.67. The minimum absolute atomic E-state index is 0.188. The van der Waals surface area contributed by atoms with Crippen LogP contribution in [0.1, 0.15) is 10.5 Å². The summed E-state index contributed by atoms with van der Waals surface area (Å²) < 4.78 is 5.28. The zero-order valence-corrected chi connectivity index (χ0v) is 12.0. The molecule has 21 heavy (non-hydrogen) atoms. The number of nitrogens with one attached hydrogen (secondary N) is 2. The first-order valence-electron chi connectivity index (χ1n) is 7.04. The first kappa shape index (κ1) is 15.4. The summed E-state index contributed by atoms with van der Waals surface area (Å²) in [7, 11) is 0. The van der Waals surface area contributed by atoms with Gasteiger partial charge in [0.05, 0.1) is 13.2 Å². The minimum atomic E-state index is -0.188. The van der Waals surface area contributed by atoms with Gasteiger partial charge in [0.25, 0.3) is 5.91 Å². The number of nitrogens with zero attached hydrogens (tertiary/aromatic N) is 3. The second-order valence-electron chi connectivity index (χ2n) is 4.67. The first-order valence-corrected chi connectivity index (χ1v) is 7.04. The van der Waals surface area contributed by atoms with E-state index in [-0.39, 0.29) is 5.91 Å². The van der Waals surface area contributed by atoms with Crippen molar-refractivity contribution in [3.8, 4) is 0 Å². The third kappa shape index (κ3) is 5.13. The topological polar surface area (TPSA) is 79.4 Å². The van der Waals surface area contributed by atoms with Crippen molar-refractivity contribution in [3.05, 3.63) is 30.7 Å². The van der Waals surface area contributed by atoms with Gasteiger partial charge in [0.1, 0.15) is 17.8 Å². The number of morpholine rings is 1. The van der Waals surface area contributed by atoms with Crippen molar-refractivity contribution < 1.29 is 9.53 Å². The number of hydrogen-bond acceptors (Lipinski definition) is 6. The van der Waals surface area contributed by atoms with Crippen LogP contribution >= 0.6 is 0 Å². The van der Waals surface area contributed by atoms with Crippen LogP contribution in [0.2, 0.25) is 0 Å². The van der Waals surface area contributed by atoms with Gasteiger partial charge in [0.15, 0.2) is 0 Å². The fourth-order valence-corrected chi connectivity index (χ4v) is 2.00. The van der Waals surface area contributed by atoms with Gasteiger partial charge >= 0.3 is 0 Å². The smallest absolute Gasteiger partial charge is 0.270 e. The zero-order valence-electron chi connectivity index (χ0n) is 12.0. The molecule has 7 nitrogen and oxygen atoms in total. The quantitative estimate of drug-likeness (QED) is 0.696. The average molecular weight is 291 g/mol. The van der Waals surface area contributed by atoms with Gasteiger partial charge < -0.3 is 15.4 Å². The molecule has 0 aliphatic carbocycles. The van der Waals surface area contributed by atoms with Gasteiger partial charge in [0, 0.05) is 38.8 Å². The molecule has 0 bridgehead atoms. The number of aromatic nitrogens is 2. The highest BCUT2D eigenvalue weighted by Gasteiger charge is 2.11. The lowest BCUT2D eigenvalue weighted by Gasteiger charge is -2.26. The average Bonchev–Trinajstić information content (AvgIpc) is 2.54. The molecule has 0 spiro atoms. The van der Waals surface area contributed by atoms with Gasteiger partial charge in [-0.25, -0.2) is 9.97 Å². The van der Waals surface area contributed by atoms with Crippen LogP contribution in [0.25, 0.3) is 0 Å². The molecule has 7 heteroatoms. The van der Waals surface area contributed by atoms with Crippen molar-refractivity contribution in [1.29, 1.82) is 0 Å². The summed E-state index contributed by atoms with van der Waals surface area (Å²) >= 11 is 0. The van der Waals surface area contributed by atoms with Crippen molar-refractivity contribution in [3.63, 3.8) is 0 Å². The molecule has 1 aromatic heterocycles. The van der Waals surface area contributed by atoms with Crippen LogP contribution in [-0.4, -0.2) is 66.7 Å². The van der Waals surface area contributed by atoms with Gasteiger partial charge in [-0.15, -0.1) is 6.58 Å². The van der Waals surface area contributed by atoms with Gasteiger partial charge in [0.2, 0.25) is 0 Å². The molecule has 1 aliphatic heterocycles. The predicted molar refractivity (Wildman–Crippen MR) is 80.3 cm³/mol. The molecule has 1 saturated heterocycles. The Morgan fingerprint density at radius 1 is 1.43 bits per heavy atom. The van der Waals surface area contributed by atoms with Crippen LogP contribution in [-0.2, 0) is 4.74 Å². The maximum atomic E-state index is 12.0. The van der Waals surface area contributed by atoms with Gasteiger partial charge in [-0.2, -0.15) is 0 Å². The lowest BCUT2D eigenvalue weighted by molar-refractivity contribution is 0.0383. The Balaban J connectivity index is 1.78. The van der Waals surface area contributed by atoms with E-state index in [1.54, 1.807) is 12.1 Å². The summed E-state index contributed by atoms with van der Waals surface area (Å²) in [6, 6.07) is 1.63. The van der Waals surface area contributed by atoms with E-state index in [9.17, 15) is 4.79 Å². The largest absolute Gasteiger partial charge is 0.379 e. The first-order chi connectivity index (χ1) is 10.3. The van der Waals surface area contributed by atoms with E-state index in [1.807, 2.05) is 0 Å². The minimum Gasteiger partial charge on any atom is -0.379 e. The van der Waals surface area contributed by atoms with E-state index < -0.39 is 0 Å². The fourth-order valence-electron chi connectivity index (χ4n) is 2.00. The summed E-state index contributed by atoms with van der Waals surface area (Å²) in [5, 5.41) is 5.90. The SMILES string of the molecule is C=CCNc1cc(C(=O)NCCN2CCOCC2)ncn1. The van der Waals surface area contributed by atoms with Crippen LogP contribution in [0, 0.1) is 0 Å². The molecule has 1 aliphatic rings. The summed E-state index contributed by atoms with van der Waals surface area (Å²) in [6.07, 6.45) is 3.10. The van der Waals surface area contributed by atoms with Crippen molar-refractivity contribution in [2.24, 2.45) is 0 Å². The molecular weight excluding hydrogens is 270 g/mol. The Bertz CT molecular complexity index is 474. The summed E-state index contributed by atoms with van der Waals surface area (Å²) in [6.45, 7) is 8.98. The highest BCUT2D eigenvalue weighted by atomic mass is 16.5. The molecule has 0 radical (unpaired) electrons. The second kappa shape index (κ2) is 8.33. The number of carbonyl (C=O) groups is 1. The van der Waals surface area contributed by atoms with Crippen LogP contribution in [0.4, 0.5) is 5.82 Å². The van der Waals surface area contributed by atoms with Crippen molar-refractivity contribution in [1.82, 2.24) is 20.2 Å². The molecule has 2 heterocycles. The van der Waals surface area contributed by atoms with Crippen molar-refractivity contribution >= 4 is 11.7 Å². The third-order valence-electron chi connectivity index (χ3n) is 3.14. The molecule has 0 atom stereocenters. The molecule has 0 saturated carbocycles. The normalized spacial score (nSPS) is 15.4. The van der Waals surface area contributed by atoms with E-state index in [0.717, 1.165) is 32.8 Å². The number of ether oxygens (including phenoxy) is 1. The third-order valence-corrected chi connectivity index (χ3v) is 3.14. The summed E-state index contributed by atoms with van der Waals surface area (Å²) in [4.78, 5) is 22.3. The number of carbonyl (C=O) groups excluding carboxylic acids is 1. The van der Waals surface area contributed by atoms with E-state index >= 15 is 0 Å². The molecule has 1 fully saturated rings. The number of amides is 1. The lowest BCUT2D eigenvalue weighted by Crippen LogP contribution is -2.41. The van der Waals surface area contributed by atoms with Crippen LogP contribution in [0.3, 0.4) is 0 Å². The number of anilines is 1. The van der Waals surface area contributed by atoms with E-state index in [2.05, 4.69) is 32.1 Å². The highest BCUT2D eigenvalue weighted by molar-refractivity contribution is 5.92. The Labute approximate surface area is 124 Å². The monoisotopic (exact) mass is 291 g/mol. The summed E-state index contributed by atoms with van der Waals surface area (Å²) in [5.41, 5.74) is 0.360. The van der Waals surface area contributed by atoms with Crippen molar-refractivity contribution in [2.45, 2.75) is 0 Å². The molecule has 1 amide bonds. The molecule has 2 rings (SSSR count). The molecule has 2 N–H and O–H groups in total. The maximum absolute atomic E-state index is 12.0. The molecule has 0 aromatic carbocycles. The number of rotatable bonds is 7. The molecule has 0 unspecified atom stereocenters. The molecule has 1 aromatic rings. The predicted octanol–water partition coefficient (Wildman–Crippen LogP) is 0.137. The standard InChI is InChI=1S/C14H21N5O2/c1-2-3-15-13-10-12(17-11-18-13)14(20)16-4-5-19-6-8-21-9-7-19/h2,10-11H,1,3-9H2,(H,16,20)(H,15,17,18). The van der Waals surface area contributed by atoms with Crippen molar-refractivity contribution in [2.75, 3.05) is 51.3 Å². The summed E-state index contributed by atoms with van der Waals surface area (Å²) in [5.74, 6) is 0.426. The molecular formula is C14H21N5O2. The maximum Gasteiger partial charge on any atom is 0.270 e. The van der Waals surface area contributed by atoms with E-state index in [4.69, 9.17) is 4.74 Å². The van der Waals surface area contributed by atoms with Crippen LogP contribution < -0.4 is 10.6 Å². The fraction of sp³-hybridized carbons (Fsp3) is 0.500.